The molecule has 0 saturated carbocycles. The molecule has 1 saturated heterocycles. The van der Waals surface area contributed by atoms with Crippen molar-refractivity contribution in [3.63, 3.8) is 0 Å². The third-order valence-electron chi connectivity index (χ3n) is 2.84. The van der Waals surface area contributed by atoms with Crippen LogP contribution in [0.3, 0.4) is 0 Å². The first-order chi connectivity index (χ1) is 7.77. The summed E-state index contributed by atoms with van der Waals surface area (Å²) in [5.41, 5.74) is -1.09. The average molecular weight is 278 g/mol. The van der Waals surface area contributed by atoms with Gasteiger partial charge in [0.1, 0.15) is 5.82 Å². The first-order valence-corrected chi connectivity index (χ1v) is 7.06. The molecule has 0 bridgehead atoms. The van der Waals surface area contributed by atoms with Crippen molar-refractivity contribution in [2.45, 2.75) is 18.9 Å². The van der Waals surface area contributed by atoms with Crippen LogP contribution in [0.5, 0.6) is 0 Å². The molecule has 4 nitrogen and oxygen atoms in total. The molecule has 1 unspecified atom stereocenters. The maximum atomic E-state index is 13.6. The van der Waals surface area contributed by atoms with E-state index < -0.39 is 26.5 Å². The zero-order valence-electron chi connectivity index (χ0n) is 8.85. The van der Waals surface area contributed by atoms with Gasteiger partial charge < -0.3 is 0 Å². The Hall–Kier alpha value is -1.14. The molecule has 1 aliphatic rings. The maximum Gasteiger partial charge on any atom is 0.324 e. The number of rotatable bonds is 2. The summed E-state index contributed by atoms with van der Waals surface area (Å²) in [5, 5.41) is 0. The lowest BCUT2D eigenvalue weighted by Crippen LogP contribution is -2.60. The van der Waals surface area contributed by atoms with E-state index in [-0.39, 0.29) is 12.0 Å². The molecule has 1 fully saturated rings. The number of β-lactam (4-membered cyclic amide) rings is 1. The third-order valence-corrected chi connectivity index (χ3v) is 4.30. The highest BCUT2D eigenvalue weighted by atomic mass is 35.7. The van der Waals surface area contributed by atoms with Crippen molar-refractivity contribution >= 4 is 25.8 Å². The van der Waals surface area contributed by atoms with Crippen molar-refractivity contribution in [1.82, 2.24) is 4.31 Å². The van der Waals surface area contributed by atoms with Gasteiger partial charge in [0.25, 0.3) is 0 Å². The second-order valence-corrected chi connectivity index (χ2v) is 6.39. The van der Waals surface area contributed by atoms with Gasteiger partial charge in [-0.1, -0.05) is 18.2 Å². The Morgan fingerprint density at radius 3 is 2.47 bits per heavy atom. The van der Waals surface area contributed by atoms with E-state index in [4.69, 9.17) is 10.7 Å². The fraction of sp³-hybridized carbons (Fsp3) is 0.300. The van der Waals surface area contributed by atoms with Crippen LogP contribution in [-0.4, -0.2) is 18.6 Å². The average Bonchev–Trinajstić information content (AvgIpc) is 2.14. The van der Waals surface area contributed by atoms with Crippen LogP contribution in [-0.2, 0) is 19.6 Å². The van der Waals surface area contributed by atoms with Crippen LogP contribution in [0.2, 0.25) is 0 Å². The first-order valence-electron chi connectivity index (χ1n) is 4.79. The summed E-state index contributed by atoms with van der Waals surface area (Å²) >= 11 is 0. The highest BCUT2D eigenvalue weighted by molar-refractivity contribution is 8.12. The minimum atomic E-state index is -4.20. The van der Waals surface area contributed by atoms with Gasteiger partial charge in [-0.25, -0.2) is 8.70 Å². The molecular weight excluding hydrogens is 269 g/mol. The molecule has 1 atom stereocenters. The number of benzene rings is 1. The molecule has 17 heavy (non-hydrogen) atoms. The molecular formula is C10H9ClFNO3S. The number of carbonyl (C=O) groups is 1. The Labute approximate surface area is 103 Å². The number of carbonyl (C=O) groups excluding carboxylic acids is 1. The predicted octanol–water partition coefficient (Wildman–Crippen LogP) is 1.76. The normalized spacial score (nSPS) is 24.6. The van der Waals surface area contributed by atoms with Crippen LogP contribution < -0.4 is 0 Å². The molecule has 1 aromatic carbocycles. The Morgan fingerprint density at radius 2 is 2.00 bits per heavy atom. The van der Waals surface area contributed by atoms with Crippen LogP contribution in [0.25, 0.3) is 0 Å². The monoisotopic (exact) mass is 277 g/mol. The van der Waals surface area contributed by atoms with E-state index in [1.165, 1.54) is 25.1 Å². The molecule has 1 aromatic rings. The Morgan fingerprint density at radius 1 is 1.41 bits per heavy atom. The van der Waals surface area contributed by atoms with Crippen molar-refractivity contribution in [1.29, 1.82) is 0 Å². The van der Waals surface area contributed by atoms with Crippen molar-refractivity contribution in [2.75, 3.05) is 0 Å². The van der Waals surface area contributed by atoms with Gasteiger partial charge >= 0.3 is 9.24 Å². The number of nitrogens with zero attached hydrogens (tertiary/aromatic N) is 1. The van der Waals surface area contributed by atoms with Crippen molar-refractivity contribution in [2.24, 2.45) is 0 Å². The van der Waals surface area contributed by atoms with E-state index in [0.29, 0.717) is 4.31 Å². The zero-order valence-corrected chi connectivity index (χ0v) is 10.4. The third kappa shape index (κ3) is 1.81. The minimum Gasteiger partial charge on any atom is -0.274 e. The van der Waals surface area contributed by atoms with Crippen LogP contribution >= 0.6 is 10.7 Å². The molecule has 0 aliphatic carbocycles. The summed E-state index contributed by atoms with van der Waals surface area (Å²) in [6.07, 6.45) is -0.0834. The fourth-order valence-electron chi connectivity index (χ4n) is 2.09. The van der Waals surface area contributed by atoms with Crippen molar-refractivity contribution < 1.29 is 17.6 Å². The summed E-state index contributed by atoms with van der Waals surface area (Å²) in [6.45, 7) is 1.47. The van der Waals surface area contributed by atoms with Crippen LogP contribution in [0.4, 0.5) is 4.39 Å². The quantitative estimate of drug-likeness (QED) is 0.611. The van der Waals surface area contributed by atoms with E-state index in [2.05, 4.69) is 0 Å². The van der Waals surface area contributed by atoms with Crippen molar-refractivity contribution in [3.8, 4) is 0 Å². The fourth-order valence-corrected chi connectivity index (χ4v) is 3.73. The van der Waals surface area contributed by atoms with Gasteiger partial charge in [0, 0.05) is 16.2 Å². The van der Waals surface area contributed by atoms with Gasteiger partial charge in [0.05, 0.1) is 12.0 Å². The predicted molar refractivity (Wildman–Crippen MR) is 60.0 cm³/mol. The van der Waals surface area contributed by atoms with Crippen LogP contribution in [0, 0.1) is 5.82 Å². The maximum absolute atomic E-state index is 13.6. The van der Waals surface area contributed by atoms with E-state index >= 15 is 0 Å². The molecule has 0 spiro atoms. The lowest BCUT2D eigenvalue weighted by atomic mass is 9.82. The van der Waals surface area contributed by atoms with Gasteiger partial charge in [-0.3, -0.25) is 4.79 Å². The van der Waals surface area contributed by atoms with Gasteiger partial charge in [-0.05, 0) is 13.0 Å². The van der Waals surface area contributed by atoms with E-state index in [0.717, 1.165) is 0 Å². The largest absolute Gasteiger partial charge is 0.324 e. The lowest BCUT2D eigenvalue weighted by Gasteiger charge is -2.47. The Bertz CT molecular complexity index is 589. The minimum absolute atomic E-state index is 0.0834. The molecule has 0 radical (unpaired) electrons. The van der Waals surface area contributed by atoms with E-state index in [1.54, 1.807) is 6.07 Å². The molecule has 1 amide bonds. The topological polar surface area (TPSA) is 54.5 Å². The summed E-state index contributed by atoms with van der Waals surface area (Å²) in [4.78, 5) is 11.3. The van der Waals surface area contributed by atoms with E-state index in [9.17, 15) is 17.6 Å². The molecule has 1 aliphatic heterocycles. The lowest BCUT2D eigenvalue weighted by molar-refractivity contribution is -0.144. The van der Waals surface area contributed by atoms with Gasteiger partial charge in [-0.15, -0.1) is 0 Å². The molecule has 0 aromatic heterocycles. The molecule has 92 valence electrons. The first kappa shape index (κ1) is 12.3. The molecule has 2 rings (SSSR count). The smallest absolute Gasteiger partial charge is 0.274 e. The highest BCUT2D eigenvalue weighted by Crippen LogP contribution is 2.44. The van der Waals surface area contributed by atoms with E-state index in [1.807, 2.05) is 0 Å². The summed E-state index contributed by atoms with van der Waals surface area (Å²) < 4.78 is 36.7. The highest BCUT2D eigenvalue weighted by Gasteiger charge is 2.55. The number of hydrogen-bond donors (Lipinski definition) is 0. The van der Waals surface area contributed by atoms with Crippen LogP contribution in [0.1, 0.15) is 18.9 Å². The molecule has 1 heterocycles. The standard InChI is InChI=1S/C10H9ClFNO3S/c1-10(7-4-2-3-5-8(7)12)6-9(14)13(10)17(11,15)16/h2-5H,6H2,1H3. The Balaban J connectivity index is 2.53. The van der Waals surface area contributed by atoms with Gasteiger partial charge in [0.15, 0.2) is 0 Å². The van der Waals surface area contributed by atoms with Crippen LogP contribution in [0.15, 0.2) is 24.3 Å². The van der Waals surface area contributed by atoms with Crippen molar-refractivity contribution in [3.05, 3.63) is 35.6 Å². The summed E-state index contributed by atoms with van der Waals surface area (Å²) in [5.74, 6) is -1.20. The second-order valence-electron chi connectivity index (χ2n) is 4.03. The number of halogens is 2. The number of hydrogen-bond acceptors (Lipinski definition) is 3. The molecule has 0 N–H and O–H groups in total. The SMILES string of the molecule is CC1(c2ccccc2F)CC(=O)N1S(=O)(=O)Cl. The Kier molecular flexibility index (Phi) is 2.67. The second kappa shape index (κ2) is 3.68. The summed E-state index contributed by atoms with van der Waals surface area (Å²) in [6, 6.07) is 5.72. The summed E-state index contributed by atoms with van der Waals surface area (Å²) in [7, 11) is 0.973. The molecule has 7 heteroatoms. The number of amides is 1. The van der Waals surface area contributed by atoms with Gasteiger partial charge in [-0.2, -0.15) is 8.42 Å². The zero-order chi connectivity index (χ0) is 12.8. The van der Waals surface area contributed by atoms with Gasteiger partial charge in [0.2, 0.25) is 5.91 Å².